The Kier molecular flexibility index (Phi) is 10.4. The van der Waals surface area contributed by atoms with Crippen molar-refractivity contribution in [3.63, 3.8) is 0 Å². The van der Waals surface area contributed by atoms with Crippen LogP contribution in [0.15, 0.2) is 73.1 Å². The van der Waals surface area contributed by atoms with Gasteiger partial charge in [-0.05, 0) is 87.5 Å². The minimum absolute atomic E-state index is 0.375. The molecule has 0 atom stereocenters. The van der Waals surface area contributed by atoms with Crippen molar-refractivity contribution < 1.29 is 9.14 Å². The minimum atomic E-state index is 0.375. The number of hydrogen-bond donors (Lipinski definition) is 0. The van der Waals surface area contributed by atoms with Gasteiger partial charge in [-0.1, -0.05) is 127 Å². The molecule has 0 amide bonds. The maximum atomic E-state index is 2.70. The Bertz CT molecular complexity index is 2000. The van der Waals surface area contributed by atoms with Gasteiger partial charge in [0.1, 0.15) is 48.2 Å². The zero-order chi connectivity index (χ0) is 37.8. The fourth-order valence-corrected chi connectivity index (χ4v) is 8.95. The molecule has 0 N–H and O–H groups in total. The summed E-state index contributed by atoms with van der Waals surface area (Å²) >= 11 is 0. The lowest BCUT2D eigenvalue weighted by molar-refractivity contribution is -0.600. The number of imidazole rings is 1. The van der Waals surface area contributed by atoms with Crippen molar-refractivity contribution in [1.82, 2.24) is 4.57 Å². The van der Waals surface area contributed by atoms with Gasteiger partial charge in [-0.3, -0.25) is 0 Å². The second kappa shape index (κ2) is 14.5. The third-order valence-electron chi connectivity index (χ3n) is 11.1. The van der Waals surface area contributed by atoms with E-state index in [0.29, 0.717) is 23.7 Å². The molecule has 0 saturated heterocycles. The molecule has 2 heterocycles. The van der Waals surface area contributed by atoms with Gasteiger partial charge >= 0.3 is 11.7 Å². The molecule has 0 bridgehead atoms. The number of aromatic nitrogens is 2. The van der Waals surface area contributed by atoms with Crippen LogP contribution >= 0.6 is 0 Å². The van der Waals surface area contributed by atoms with Crippen LogP contribution in [0, 0.1) is 41.5 Å². The fourth-order valence-electron chi connectivity index (χ4n) is 8.95. The van der Waals surface area contributed by atoms with E-state index in [1.807, 2.05) is 0 Å². The van der Waals surface area contributed by atoms with Crippen molar-refractivity contribution in [3.8, 4) is 11.4 Å². The molecule has 0 spiro atoms. The summed E-state index contributed by atoms with van der Waals surface area (Å²) in [6.07, 6.45) is 4.63. The van der Waals surface area contributed by atoms with Crippen LogP contribution in [0.3, 0.4) is 0 Å². The van der Waals surface area contributed by atoms with Crippen molar-refractivity contribution in [2.45, 2.75) is 121 Å². The van der Waals surface area contributed by atoms with E-state index in [-0.39, 0.29) is 0 Å². The molecule has 272 valence electrons. The van der Waals surface area contributed by atoms with Crippen LogP contribution in [-0.4, -0.2) is 28.1 Å². The molecule has 0 unspecified atom stereocenters. The zero-order valence-electron chi connectivity index (χ0n) is 34.4. The van der Waals surface area contributed by atoms with Crippen LogP contribution < -0.4 is 9.47 Å². The Balaban J connectivity index is 1.87. The molecule has 0 radical (unpaired) electrons. The van der Waals surface area contributed by atoms with Gasteiger partial charge < -0.3 is 0 Å². The number of benzene rings is 4. The largest absolute Gasteiger partial charge is 0.383 e. The summed E-state index contributed by atoms with van der Waals surface area (Å²) in [5, 5.41) is 0. The smallest absolute Gasteiger partial charge is 0.216 e. The molecule has 6 rings (SSSR count). The summed E-state index contributed by atoms with van der Waals surface area (Å²) in [4.78, 5) is 2.70. The van der Waals surface area contributed by atoms with E-state index in [4.69, 9.17) is 0 Å². The summed E-state index contributed by atoms with van der Waals surface area (Å²) in [6.45, 7) is 34.1. The van der Waals surface area contributed by atoms with E-state index in [1.165, 1.54) is 90.0 Å². The van der Waals surface area contributed by atoms with E-state index >= 15 is 0 Å². The second-order valence-corrected chi connectivity index (χ2v) is 16.7. The molecule has 1 aliphatic heterocycles. The summed E-state index contributed by atoms with van der Waals surface area (Å²) in [7, 11) is 0. The first-order valence-electron chi connectivity index (χ1n) is 19.6. The van der Waals surface area contributed by atoms with Gasteiger partial charge in [0.2, 0.25) is 0 Å². The second-order valence-electron chi connectivity index (χ2n) is 16.7. The summed E-state index contributed by atoms with van der Waals surface area (Å²) in [5.74, 6) is 3.93. The number of nitrogens with zero attached hydrogens (tertiary/aromatic N) is 4. The first kappa shape index (κ1) is 37.3. The Morgan fingerprint density at radius 1 is 0.538 bits per heavy atom. The van der Waals surface area contributed by atoms with Crippen LogP contribution in [0.5, 0.6) is 0 Å². The molecule has 1 aliphatic rings. The number of rotatable bonds is 9. The zero-order valence-corrected chi connectivity index (χ0v) is 34.4. The number of aryl methyl sites for hydroxylation is 6. The third kappa shape index (κ3) is 6.55. The Morgan fingerprint density at radius 2 is 0.981 bits per heavy atom. The fraction of sp³-hybridized carbons (Fsp3) is 0.417. The average molecular weight is 695 g/mol. The lowest BCUT2D eigenvalue weighted by Crippen LogP contribution is -2.45. The predicted molar refractivity (Wildman–Crippen MR) is 221 cm³/mol. The summed E-state index contributed by atoms with van der Waals surface area (Å²) in [5.41, 5.74) is 18.6. The topological polar surface area (TPSA) is 15.1 Å². The SMILES string of the molecule is Cc1cc(C)c(-n2cc[n+](-c3c(C)cc(C)cc3C)c2C2=[N+](c3c(C(C)C)cccc3C(C)C)CCN2c2c(C(C)C)cccc2C(C)C)c(C)c1. The normalized spacial score (nSPS) is 13.6. The maximum absolute atomic E-state index is 2.70. The quantitative estimate of drug-likeness (QED) is 0.140. The van der Waals surface area contributed by atoms with Crippen molar-refractivity contribution in [1.29, 1.82) is 0 Å². The van der Waals surface area contributed by atoms with E-state index in [2.05, 4.69) is 189 Å². The molecule has 4 heteroatoms. The summed E-state index contributed by atoms with van der Waals surface area (Å²) < 4.78 is 7.71. The minimum Gasteiger partial charge on any atom is -0.216 e. The van der Waals surface area contributed by atoms with Crippen molar-refractivity contribution in [2.75, 3.05) is 18.0 Å². The van der Waals surface area contributed by atoms with Crippen LogP contribution in [0.4, 0.5) is 11.4 Å². The van der Waals surface area contributed by atoms with Crippen LogP contribution in [0.1, 0.15) is 141 Å². The van der Waals surface area contributed by atoms with Gasteiger partial charge in [-0.25, -0.2) is 9.48 Å². The lowest BCUT2D eigenvalue weighted by atomic mass is 9.91. The molecule has 4 aromatic carbocycles. The molecule has 0 saturated carbocycles. The molecule has 0 aliphatic carbocycles. The number of para-hydroxylation sites is 2. The van der Waals surface area contributed by atoms with E-state index < -0.39 is 0 Å². The Hall–Kier alpha value is -4.44. The van der Waals surface area contributed by atoms with E-state index in [9.17, 15) is 0 Å². The standard InChI is InChI=1S/C48H62N4/c1-29(2)39-17-15-18-40(30(3)4)45(39)51-23-24-52(46-41(31(5)6)19-16-20-42(46)32(7)8)48(51)47-49(43-35(11)25-33(9)26-36(43)12)21-22-50(47)44-37(13)27-34(10)28-38(44)14/h15-22,25-32H,23-24H2,1-14H3/q+2. The Labute approximate surface area is 314 Å². The molecular weight excluding hydrogens is 633 g/mol. The van der Waals surface area contributed by atoms with E-state index in [0.717, 1.165) is 13.1 Å². The molecule has 5 aromatic rings. The lowest BCUT2D eigenvalue weighted by Gasteiger charge is -2.24. The number of anilines is 1. The molecule has 0 fully saturated rings. The van der Waals surface area contributed by atoms with Gasteiger partial charge in [0.25, 0.3) is 0 Å². The number of amidine groups is 1. The first-order chi connectivity index (χ1) is 24.6. The van der Waals surface area contributed by atoms with Crippen molar-refractivity contribution >= 4 is 17.2 Å². The Morgan fingerprint density at radius 3 is 1.44 bits per heavy atom. The van der Waals surface area contributed by atoms with Gasteiger partial charge in [0.15, 0.2) is 0 Å². The molecular formula is C48H62N4+2. The molecule has 52 heavy (non-hydrogen) atoms. The first-order valence-corrected chi connectivity index (χ1v) is 19.6. The molecule has 1 aromatic heterocycles. The third-order valence-corrected chi connectivity index (χ3v) is 11.1. The van der Waals surface area contributed by atoms with Gasteiger partial charge in [-0.15, -0.1) is 0 Å². The summed E-state index contributed by atoms with van der Waals surface area (Å²) in [6, 6.07) is 23.3. The highest BCUT2D eigenvalue weighted by Crippen LogP contribution is 2.41. The number of hydrogen-bond acceptors (Lipinski definition) is 1. The van der Waals surface area contributed by atoms with Crippen LogP contribution in [-0.2, 0) is 0 Å². The van der Waals surface area contributed by atoms with Gasteiger partial charge in [0.05, 0.1) is 0 Å². The van der Waals surface area contributed by atoms with Crippen LogP contribution in [0.25, 0.3) is 11.4 Å². The monoisotopic (exact) mass is 694 g/mol. The average Bonchev–Trinajstić information content (AvgIpc) is 3.67. The van der Waals surface area contributed by atoms with Crippen molar-refractivity contribution in [2.24, 2.45) is 0 Å². The highest BCUT2D eigenvalue weighted by molar-refractivity contribution is 6.07. The van der Waals surface area contributed by atoms with Crippen molar-refractivity contribution in [3.05, 3.63) is 135 Å². The van der Waals surface area contributed by atoms with Gasteiger partial charge in [-0.2, -0.15) is 9.13 Å². The molecule has 4 nitrogen and oxygen atoms in total. The maximum Gasteiger partial charge on any atom is 0.383 e. The predicted octanol–water partition coefficient (Wildman–Crippen LogP) is 11.7. The highest BCUT2D eigenvalue weighted by Gasteiger charge is 2.47. The van der Waals surface area contributed by atoms with Gasteiger partial charge in [0, 0.05) is 22.3 Å². The van der Waals surface area contributed by atoms with Crippen LogP contribution in [0.2, 0.25) is 0 Å². The highest BCUT2D eigenvalue weighted by atomic mass is 15.4. The van der Waals surface area contributed by atoms with E-state index in [1.54, 1.807) is 0 Å².